The summed E-state index contributed by atoms with van der Waals surface area (Å²) in [4.78, 5) is 0. The van der Waals surface area contributed by atoms with Gasteiger partial charge in [0.1, 0.15) is 15.3 Å². The van der Waals surface area contributed by atoms with Gasteiger partial charge in [0.15, 0.2) is 0 Å². The molecule has 0 N–H and O–H groups in total. The van der Waals surface area contributed by atoms with Crippen molar-refractivity contribution in [1.82, 2.24) is 0 Å². The van der Waals surface area contributed by atoms with Gasteiger partial charge in [-0.25, -0.2) is 0 Å². The molecule has 0 fully saturated rings. The van der Waals surface area contributed by atoms with Crippen molar-refractivity contribution in [3.05, 3.63) is 0 Å². The third-order valence-electron chi connectivity index (χ3n) is 5.62. The number of rotatable bonds is 6. The second-order valence-electron chi connectivity index (χ2n) is 7.07. The van der Waals surface area contributed by atoms with Gasteiger partial charge < -0.3 is 0 Å². The molecule has 0 aromatic carbocycles. The topological polar surface area (TPSA) is 0 Å². The molecular formula is C16H34SSi2. The Labute approximate surface area is 128 Å². The van der Waals surface area contributed by atoms with Crippen LogP contribution in [0.4, 0.5) is 0 Å². The summed E-state index contributed by atoms with van der Waals surface area (Å²) in [6.07, 6.45) is 0. The Balaban J connectivity index is 5.02. The maximum Gasteiger partial charge on any atom is 0.139 e. The average Bonchev–Trinajstić information content (AvgIpc) is 2.34. The van der Waals surface area contributed by atoms with E-state index in [0.29, 0.717) is 11.0 Å². The Hall–Kier alpha value is 0.344. The molecule has 0 spiro atoms. The first kappa shape index (κ1) is 19.3. The summed E-state index contributed by atoms with van der Waals surface area (Å²) in [5.41, 5.74) is 3.73. The highest BCUT2D eigenvalue weighted by Crippen LogP contribution is 2.44. The maximum absolute atomic E-state index is 3.73. The molecule has 0 aliphatic carbocycles. The van der Waals surface area contributed by atoms with E-state index in [0.717, 1.165) is 0 Å². The normalized spacial score (nSPS) is 13.4. The molecule has 19 heavy (non-hydrogen) atoms. The molecule has 3 heteroatoms. The minimum Gasteiger partial charge on any atom is -0.120 e. The van der Waals surface area contributed by atoms with Crippen molar-refractivity contribution < 1.29 is 0 Å². The van der Waals surface area contributed by atoms with Gasteiger partial charge in [0.25, 0.3) is 0 Å². The molecule has 0 heterocycles. The summed E-state index contributed by atoms with van der Waals surface area (Å²) in [5, 5.41) is 3.95. The van der Waals surface area contributed by atoms with Crippen molar-refractivity contribution >= 4 is 26.5 Å². The van der Waals surface area contributed by atoms with E-state index in [2.05, 4.69) is 72.4 Å². The largest absolute Gasteiger partial charge is 0.139 e. The van der Waals surface area contributed by atoms with Crippen molar-refractivity contribution in [3.8, 4) is 10.8 Å². The van der Waals surface area contributed by atoms with Crippen LogP contribution >= 0.6 is 11.2 Å². The monoisotopic (exact) mass is 314 g/mol. The van der Waals surface area contributed by atoms with Gasteiger partial charge in [-0.2, -0.15) is 0 Å². The van der Waals surface area contributed by atoms with Gasteiger partial charge in [-0.3, -0.25) is 0 Å². The number of hydrogen-bond donors (Lipinski definition) is 0. The summed E-state index contributed by atoms with van der Waals surface area (Å²) in [7, 11) is -2.63. The molecule has 0 bridgehead atoms. The third kappa shape index (κ3) is 4.68. The zero-order valence-corrected chi connectivity index (χ0v) is 17.4. The number of hydrogen-bond acceptors (Lipinski definition) is 1. The summed E-state index contributed by atoms with van der Waals surface area (Å²) in [5.74, 6) is 0.707. The highest BCUT2D eigenvalue weighted by atomic mass is 32.4. The quantitative estimate of drug-likeness (QED) is 0.405. The molecule has 0 aliphatic rings. The Kier molecular flexibility index (Phi) is 7.51. The van der Waals surface area contributed by atoms with Crippen molar-refractivity contribution in [3.63, 3.8) is 0 Å². The first-order valence-corrected chi connectivity index (χ1v) is 14.9. The van der Waals surface area contributed by atoms with Crippen LogP contribution in [-0.4, -0.2) is 15.3 Å². The minimum atomic E-state index is -1.49. The zero-order valence-electron chi connectivity index (χ0n) is 14.6. The van der Waals surface area contributed by atoms with Crippen LogP contribution in [0.15, 0.2) is 0 Å². The lowest BCUT2D eigenvalue weighted by Crippen LogP contribution is -2.41. The van der Waals surface area contributed by atoms with Gasteiger partial charge in [0.05, 0.1) is 0 Å². The van der Waals surface area contributed by atoms with E-state index >= 15 is 0 Å². The van der Waals surface area contributed by atoms with E-state index in [1.54, 1.807) is 0 Å². The van der Waals surface area contributed by atoms with Crippen molar-refractivity contribution in [2.45, 2.75) is 84.7 Å². The van der Waals surface area contributed by atoms with E-state index < -0.39 is 15.3 Å². The van der Waals surface area contributed by atoms with E-state index in [4.69, 9.17) is 0 Å². The molecule has 0 unspecified atom stereocenters. The molecule has 0 atom stereocenters. The molecule has 0 radical (unpaired) electrons. The molecule has 0 saturated heterocycles. The van der Waals surface area contributed by atoms with Crippen molar-refractivity contribution in [1.29, 1.82) is 0 Å². The summed E-state index contributed by atoms with van der Waals surface area (Å²) in [6, 6.07) is 4.07. The second kappa shape index (κ2) is 7.38. The maximum atomic E-state index is 3.73. The third-order valence-corrected chi connectivity index (χ3v) is 19.1. The zero-order chi connectivity index (χ0) is 15.3. The van der Waals surface area contributed by atoms with Gasteiger partial charge >= 0.3 is 0 Å². The van der Waals surface area contributed by atoms with Crippen LogP contribution in [0, 0.1) is 16.7 Å². The Morgan fingerprint density at radius 1 is 1.00 bits per heavy atom. The molecule has 0 aliphatic heterocycles. The van der Waals surface area contributed by atoms with Crippen molar-refractivity contribution in [2.24, 2.45) is 5.92 Å². The van der Waals surface area contributed by atoms with E-state index in [9.17, 15) is 0 Å². The first-order chi connectivity index (χ1) is 8.58. The van der Waals surface area contributed by atoms with E-state index in [1.165, 1.54) is 18.1 Å². The second-order valence-corrected chi connectivity index (χ2v) is 20.0. The van der Waals surface area contributed by atoms with Gasteiger partial charge in [-0.05, 0) is 16.2 Å². The molecule has 0 nitrogen and oxygen atoms in total. The molecule has 0 aromatic heterocycles. The lowest BCUT2D eigenvalue weighted by Gasteiger charge is -2.39. The van der Waals surface area contributed by atoms with Crippen LogP contribution in [0.25, 0.3) is 0 Å². The van der Waals surface area contributed by atoms with Crippen LogP contribution in [0.2, 0.25) is 36.3 Å². The van der Waals surface area contributed by atoms with Crippen LogP contribution in [0.1, 0.15) is 48.5 Å². The van der Waals surface area contributed by atoms with Gasteiger partial charge in [-0.1, -0.05) is 79.7 Å². The highest BCUT2D eigenvalue weighted by molar-refractivity contribution is 8.32. The van der Waals surface area contributed by atoms with Crippen LogP contribution < -0.4 is 0 Å². The van der Waals surface area contributed by atoms with Crippen LogP contribution in [0.5, 0.6) is 0 Å². The molecular weight excluding hydrogens is 280 g/mol. The molecule has 0 rings (SSSR count). The Bertz CT molecular complexity index is 322. The Morgan fingerprint density at radius 2 is 1.42 bits per heavy atom. The molecule has 0 amide bonds. The standard InChI is InChI=1S/C16H34SSi2/c1-10-19(11-2,12-3)17-13-14-18(8,9)16(6,7)15(4)5/h15H,10-12H2,1-9H3. The van der Waals surface area contributed by atoms with Crippen molar-refractivity contribution in [2.75, 3.05) is 0 Å². The van der Waals surface area contributed by atoms with Crippen LogP contribution in [0.3, 0.4) is 0 Å². The predicted molar refractivity (Wildman–Crippen MR) is 98.9 cm³/mol. The fraction of sp³-hybridized carbons (Fsp3) is 0.875. The average molecular weight is 315 g/mol. The predicted octanol–water partition coefficient (Wildman–Crippen LogP) is 6.37. The highest BCUT2D eigenvalue weighted by Gasteiger charge is 2.40. The smallest absolute Gasteiger partial charge is 0.120 e. The van der Waals surface area contributed by atoms with E-state index in [1.807, 2.05) is 11.2 Å². The van der Waals surface area contributed by atoms with Gasteiger partial charge in [-0.15, -0.1) is 16.8 Å². The lowest BCUT2D eigenvalue weighted by molar-refractivity contribution is 0.462. The summed E-state index contributed by atoms with van der Waals surface area (Å²) >= 11 is 2.04. The fourth-order valence-electron chi connectivity index (χ4n) is 2.11. The minimum absolute atomic E-state index is 0.384. The SMILES string of the molecule is CC[Si](CC)(CC)SC#C[Si](C)(C)C(C)(C)C(C)C. The fourth-order valence-corrected chi connectivity index (χ4v) is 9.66. The van der Waals surface area contributed by atoms with Gasteiger partial charge in [0, 0.05) is 0 Å². The van der Waals surface area contributed by atoms with Gasteiger partial charge in [0.2, 0.25) is 0 Å². The van der Waals surface area contributed by atoms with Crippen LogP contribution in [-0.2, 0) is 0 Å². The first-order valence-electron chi connectivity index (χ1n) is 7.78. The summed E-state index contributed by atoms with van der Waals surface area (Å²) < 4.78 is 0. The van der Waals surface area contributed by atoms with E-state index in [-0.39, 0.29) is 0 Å². The molecule has 0 aromatic rings. The molecule has 0 saturated carbocycles. The summed E-state index contributed by atoms with van der Waals surface area (Å²) in [6.45, 7) is 21.4. The molecule has 112 valence electrons. The lowest BCUT2D eigenvalue weighted by atomic mass is 9.99. The Morgan fingerprint density at radius 3 is 1.74 bits per heavy atom.